The lowest BCUT2D eigenvalue weighted by molar-refractivity contribution is -0.137. The predicted molar refractivity (Wildman–Crippen MR) is 85.4 cm³/mol. The van der Waals surface area contributed by atoms with Crippen LogP contribution < -0.4 is 5.32 Å². The van der Waals surface area contributed by atoms with E-state index in [0.29, 0.717) is 13.0 Å². The number of ketones is 1. The summed E-state index contributed by atoms with van der Waals surface area (Å²) in [5.74, 6) is -0.868. The molecule has 1 N–H and O–H groups in total. The van der Waals surface area contributed by atoms with Crippen LogP contribution in [0.5, 0.6) is 0 Å². The molecule has 2 atom stereocenters. The summed E-state index contributed by atoms with van der Waals surface area (Å²) in [6.45, 7) is 2.03. The average Bonchev–Trinajstić information content (AvgIpc) is 2.60. The number of carbonyl (C=O) groups is 2. The van der Waals surface area contributed by atoms with Crippen molar-refractivity contribution in [1.82, 2.24) is 10.2 Å². The fourth-order valence-corrected chi connectivity index (χ4v) is 2.74. The number of ether oxygens (including phenoxy) is 1. The highest BCUT2D eigenvalue weighted by molar-refractivity contribution is 6.03. The molecule has 0 spiro atoms. The summed E-state index contributed by atoms with van der Waals surface area (Å²) >= 11 is 0. The van der Waals surface area contributed by atoms with Crippen molar-refractivity contribution in [2.24, 2.45) is 0 Å². The zero-order valence-electron chi connectivity index (χ0n) is 14.2. The maximum atomic E-state index is 13.6. The second-order valence-electron chi connectivity index (χ2n) is 5.90. The van der Waals surface area contributed by atoms with Gasteiger partial charge in [0, 0.05) is 31.6 Å². The van der Waals surface area contributed by atoms with Crippen LogP contribution in [0.1, 0.15) is 35.7 Å². The van der Waals surface area contributed by atoms with E-state index in [9.17, 15) is 27.2 Å². The van der Waals surface area contributed by atoms with Crippen molar-refractivity contribution < 1.29 is 31.9 Å². The van der Waals surface area contributed by atoms with Gasteiger partial charge in [0.05, 0.1) is 5.56 Å². The number of benzene rings is 1. The number of carbonyl (C=O) groups excluding carboxylic acids is 2. The van der Waals surface area contributed by atoms with Crippen molar-refractivity contribution in [3.63, 3.8) is 0 Å². The number of alkyl halides is 4. The fraction of sp³-hybridized carbons (Fsp3) is 0.529. The Morgan fingerprint density at radius 2 is 2.04 bits per heavy atom. The van der Waals surface area contributed by atoms with E-state index >= 15 is 0 Å². The van der Waals surface area contributed by atoms with Gasteiger partial charge in [0.2, 0.25) is 6.36 Å². The van der Waals surface area contributed by atoms with Gasteiger partial charge < -0.3 is 10.1 Å². The summed E-state index contributed by atoms with van der Waals surface area (Å²) in [5, 5.41) is 2.86. The quantitative estimate of drug-likeness (QED) is 0.632. The topological polar surface area (TPSA) is 58.6 Å². The van der Waals surface area contributed by atoms with Crippen molar-refractivity contribution in [3.8, 4) is 0 Å². The molecule has 2 rings (SSSR count). The highest BCUT2D eigenvalue weighted by Crippen LogP contribution is 2.32. The monoisotopic (exact) mass is 376 g/mol. The van der Waals surface area contributed by atoms with Gasteiger partial charge in [-0.25, -0.2) is 9.18 Å². The van der Waals surface area contributed by atoms with Crippen LogP contribution in [0.3, 0.4) is 0 Å². The molecule has 1 aromatic carbocycles. The van der Waals surface area contributed by atoms with Crippen LogP contribution in [-0.4, -0.2) is 48.8 Å². The third-order valence-electron chi connectivity index (χ3n) is 4.02. The first-order valence-corrected chi connectivity index (χ1v) is 8.28. The minimum absolute atomic E-state index is 0.00729. The van der Waals surface area contributed by atoms with Gasteiger partial charge in [-0.15, -0.1) is 0 Å². The fourth-order valence-electron chi connectivity index (χ4n) is 2.74. The molecule has 9 heteroatoms. The number of nitrogens with zero attached hydrogens (tertiary/aromatic N) is 1. The maximum Gasteiger partial charge on any atom is 0.417 e. The summed E-state index contributed by atoms with van der Waals surface area (Å²) in [6.07, 6.45) is -7.11. The Bertz CT molecular complexity index is 651. The molecule has 26 heavy (non-hydrogen) atoms. The molecule has 0 bridgehead atoms. The first kappa shape index (κ1) is 20.2. The summed E-state index contributed by atoms with van der Waals surface area (Å²) in [6, 6.07) is 3.18. The molecule has 0 aromatic heterocycles. The lowest BCUT2D eigenvalue weighted by Gasteiger charge is -2.35. The molecule has 2 unspecified atom stereocenters. The Balaban J connectivity index is 2.25. The second-order valence-corrected chi connectivity index (χ2v) is 5.90. The number of rotatable bonds is 5. The SMILES string of the molecule is CCCC(F)OC(=O)N1CCNCC1C(=O)c1ccccc1C(F)(F)F. The zero-order valence-corrected chi connectivity index (χ0v) is 14.2. The van der Waals surface area contributed by atoms with Crippen LogP contribution in [0.15, 0.2) is 24.3 Å². The van der Waals surface area contributed by atoms with Crippen molar-refractivity contribution in [2.45, 2.75) is 38.3 Å². The zero-order chi connectivity index (χ0) is 19.3. The molecule has 0 radical (unpaired) electrons. The number of amides is 1. The smallest absolute Gasteiger partial charge is 0.415 e. The van der Waals surface area contributed by atoms with Crippen LogP contribution >= 0.6 is 0 Å². The van der Waals surface area contributed by atoms with Crippen LogP contribution in [0.4, 0.5) is 22.4 Å². The van der Waals surface area contributed by atoms with E-state index in [2.05, 4.69) is 10.1 Å². The molecular weight excluding hydrogens is 356 g/mol. The van der Waals surface area contributed by atoms with Gasteiger partial charge in [-0.2, -0.15) is 13.2 Å². The second kappa shape index (κ2) is 8.48. The standard InChI is InChI=1S/C17H20F4N2O3/c1-2-5-14(18)26-16(25)23-9-8-22-10-13(23)15(24)11-6-3-4-7-12(11)17(19,20)21/h3-4,6-7,13-14,22H,2,5,8-10H2,1H3. The maximum absolute atomic E-state index is 13.6. The van der Waals surface area contributed by atoms with Crippen LogP contribution in [0.2, 0.25) is 0 Å². The normalized spacial score (nSPS) is 19.1. The van der Waals surface area contributed by atoms with Crippen molar-refractivity contribution in [2.75, 3.05) is 19.6 Å². The molecule has 5 nitrogen and oxygen atoms in total. The Morgan fingerprint density at radius 3 is 2.69 bits per heavy atom. The number of Topliss-reactive ketones (excluding diaryl/α,β-unsaturated/α-hetero) is 1. The average molecular weight is 376 g/mol. The van der Waals surface area contributed by atoms with E-state index in [4.69, 9.17) is 0 Å². The number of hydrogen-bond acceptors (Lipinski definition) is 4. The molecule has 1 fully saturated rings. The molecular formula is C17H20F4N2O3. The van der Waals surface area contributed by atoms with Gasteiger partial charge in [0.25, 0.3) is 0 Å². The van der Waals surface area contributed by atoms with Gasteiger partial charge >= 0.3 is 12.3 Å². The van der Waals surface area contributed by atoms with E-state index in [-0.39, 0.29) is 19.5 Å². The molecule has 1 aromatic rings. The number of halogens is 4. The van der Waals surface area contributed by atoms with Gasteiger partial charge in [-0.05, 0) is 12.5 Å². The highest BCUT2D eigenvalue weighted by Gasteiger charge is 2.40. The summed E-state index contributed by atoms with van der Waals surface area (Å²) in [7, 11) is 0. The first-order valence-electron chi connectivity index (χ1n) is 8.28. The lowest BCUT2D eigenvalue weighted by atomic mass is 9.96. The van der Waals surface area contributed by atoms with E-state index in [0.717, 1.165) is 17.0 Å². The lowest BCUT2D eigenvalue weighted by Crippen LogP contribution is -2.57. The molecule has 1 aliphatic rings. The summed E-state index contributed by atoms with van der Waals surface area (Å²) < 4.78 is 57.7. The van der Waals surface area contributed by atoms with E-state index in [1.165, 1.54) is 12.1 Å². The van der Waals surface area contributed by atoms with Crippen molar-refractivity contribution in [3.05, 3.63) is 35.4 Å². The molecule has 0 saturated carbocycles. The van der Waals surface area contributed by atoms with Crippen LogP contribution in [0, 0.1) is 0 Å². The third-order valence-corrected chi connectivity index (χ3v) is 4.02. The Hall–Kier alpha value is -2.16. The van der Waals surface area contributed by atoms with E-state index in [1.807, 2.05) is 0 Å². The third kappa shape index (κ3) is 4.72. The molecule has 1 amide bonds. The molecule has 1 heterocycles. The van der Waals surface area contributed by atoms with Crippen LogP contribution in [-0.2, 0) is 10.9 Å². The molecule has 144 valence electrons. The van der Waals surface area contributed by atoms with Gasteiger partial charge in [-0.3, -0.25) is 9.69 Å². The number of piperazine rings is 1. The van der Waals surface area contributed by atoms with E-state index in [1.54, 1.807) is 6.92 Å². The largest absolute Gasteiger partial charge is 0.417 e. The molecule has 0 aliphatic carbocycles. The number of nitrogens with one attached hydrogen (secondary N) is 1. The predicted octanol–water partition coefficient (Wildman–Crippen LogP) is 3.39. The van der Waals surface area contributed by atoms with E-state index < -0.39 is 41.6 Å². The number of hydrogen-bond donors (Lipinski definition) is 1. The highest BCUT2D eigenvalue weighted by atomic mass is 19.4. The minimum atomic E-state index is -4.70. The summed E-state index contributed by atoms with van der Waals surface area (Å²) in [4.78, 5) is 25.9. The van der Waals surface area contributed by atoms with Gasteiger partial charge in [0.15, 0.2) is 5.78 Å². The van der Waals surface area contributed by atoms with Gasteiger partial charge in [0.1, 0.15) is 6.04 Å². The van der Waals surface area contributed by atoms with Crippen LogP contribution in [0.25, 0.3) is 0 Å². The Morgan fingerprint density at radius 1 is 1.35 bits per heavy atom. The Labute approximate surface area is 148 Å². The summed E-state index contributed by atoms with van der Waals surface area (Å²) in [5.41, 5.74) is -1.60. The van der Waals surface area contributed by atoms with Crippen molar-refractivity contribution in [1.29, 1.82) is 0 Å². The van der Waals surface area contributed by atoms with Crippen molar-refractivity contribution >= 4 is 11.9 Å². The molecule has 1 saturated heterocycles. The Kier molecular flexibility index (Phi) is 6.57. The molecule has 1 aliphatic heterocycles. The first-order chi connectivity index (χ1) is 12.3. The van der Waals surface area contributed by atoms with Gasteiger partial charge in [-0.1, -0.05) is 25.1 Å². The minimum Gasteiger partial charge on any atom is -0.415 e.